The molecule has 0 spiro atoms. The van der Waals surface area contributed by atoms with Crippen molar-refractivity contribution in [3.8, 4) is 0 Å². The highest BCUT2D eigenvalue weighted by atomic mass is 16.6. The van der Waals surface area contributed by atoms with Gasteiger partial charge in [0.2, 0.25) is 5.82 Å². The molecule has 1 aromatic rings. The molecule has 110 valence electrons. The summed E-state index contributed by atoms with van der Waals surface area (Å²) >= 11 is 0. The number of pyridine rings is 1. The summed E-state index contributed by atoms with van der Waals surface area (Å²) in [5.74, 6) is 0.432. The van der Waals surface area contributed by atoms with Crippen molar-refractivity contribution >= 4 is 17.3 Å². The van der Waals surface area contributed by atoms with Gasteiger partial charge < -0.3 is 21.1 Å². The van der Waals surface area contributed by atoms with E-state index < -0.39 is 4.92 Å². The summed E-state index contributed by atoms with van der Waals surface area (Å²) in [6, 6.07) is 2.89. The average Bonchev–Trinajstić information content (AvgIpc) is 2.44. The lowest BCUT2D eigenvalue weighted by Gasteiger charge is -2.23. The summed E-state index contributed by atoms with van der Waals surface area (Å²) in [4.78, 5) is 14.0. The Morgan fingerprint density at radius 2 is 2.25 bits per heavy atom. The minimum absolute atomic E-state index is 0.0840. The van der Waals surface area contributed by atoms with E-state index in [1.54, 1.807) is 6.07 Å². The van der Waals surface area contributed by atoms with Crippen LogP contribution in [0.2, 0.25) is 0 Å². The molecular formula is C12H19N5O3. The standard InChI is InChI=1S/C12H19N5O3/c13-12-10(17(18)19)1-2-11(16-12)15-7-8-20-9-3-5-14-6-4-9/h1-2,9,14H,3-8H2,(H3,13,15,16). The van der Waals surface area contributed by atoms with E-state index in [2.05, 4.69) is 15.6 Å². The average molecular weight is 281 g/mol. The zero-order valence-electron chi connectivity index (χ0n) is 11.2. The summed E-state index contributed by atoms with van der Waals surface area (Å²) in [7, 11) is 0. The van der Waals surface area contributed by atoms with E-state index in [0.29, 0.717) is 25.1 Å². The van der Waals surface area contributed by atoms with E-state index in [1.165, 1.54) is 6.07 Å². The number of ether oxygens (including phenoxy) is 1. The molecule has 2 rings (SSSR count). The summed E-state index contributed by atoms with van der Waals surface area (Å²) in [5, 5.41) is 16.9. The first kappa shape index (κ1) is 14.5. The highest BCUT2D eigenvalue weighted by molar-refractivity contribution is 5.57. The van der Waals surface area contributed by atoms with Crippen LogP contribution in [0, 0.1) is 10.1 Å². The van der Waals surface area contributed by atoms with Crippen LogP contribution in [0.15, 0.2) is 12.1 Å². The second-order valence-electron chi connectivity index (χ2n) is 4.60. The van der Waals surface area contributed by atoms with E-state index in [-0.39, 0.29) is 11.5 Å². The van der Waals surface area contributed by atoms with E-state index in [1.807, 2.05) is 0 Å². The quantitative estimate of drug-likeness (QED) is 0.400. The maximum absolute atomic E-state index is 10.6. The van der Waals surface area contributed by atoms with Crippen molar-refractivity contribution in [2.24, 2.45) is 0 Å². The number of aromatic nitrogens is 1. The number of nitro groups is 1. The van der Waals surface area contributed by atoms with Crippen molar-refractivity contribution < 1.29 is 9.66 Å². The van der Waals surface area contributed by atoms with E-state index >= 15 is 0 Å². The van der Waals surface area contributed by atoms with Crippen LogP contribution in [0.5, 0.6) is 0 Å². The van der Waals surface area contributed by atoms with Crippen molar-refractivity contribution in [2.75, 3.05) is 37.3 Å². The largest absolute Gasteiger partial charge is 0.378 e. The molecule has 1 aromatic heterocycles. The number of rotatable bonds is 6. The van der Waals surface area contributed by atoms with Gasteiger partial charge >= 0.3 is 5.69 Å². The molecule has 1 aliphatic rings. The molecule has 0 bridgehead atoms. The van der Waals surface area contributed by atoms with Gasteiger partial charge in [0.05, 0.1) is 17.6 Å². The molecule has 0 atom stereocenters. The maximum atomic E-state index is 10.6. The van der Waals surface area contributed by atoms with Gasteiger partial charge in [0.15, 0.2) is 0 Å². The van der Waals surface area contributed by atoms with Crippen LogP contribution in [-0.4, -0.2) is 42.3 Å². The number of hydrogen-bond acceptors (Lipinski definition) is 7. The first-order valence-corrected chi connectivity index (χ1v) is 6.64. The minimum atomic E-state index is -0.549. The molecule has 0 radical (unpaired) electrons. The highest BCUT2D eigenvalue weighted by Gasteiger charge is 2.14. The number of nitrogens with two attached hydrogens (primary N) is 1. The van der Waals surface area contributed by atoms with Gasteiger partial charge in [-0.1, -0.05) is 0 Å². The molecule has 8 heteroatoms. The molecule has 0 aromatic carbocycles. The van der Waals surface area contributed by atoms with Crippen molar-refractivity contribution in [2.45, 2.75) is 18.9 Å². The predicted octanol–water partition coefficient (Wildman–Crippen LogP) is 0.753. The van der Waals surface area contributed by atoms with E-state index in [9.17, 15) is 10.1 Å². The molecule has 4 N–H and O–H groups in total. The topological polar surface area (TPSA) is 115 Å². The Morgan fingerprint density at radius 1 is 1.50 bits per heavy atom. The summed E-state index contributed by atoms with van der Waals surface area (Å²) < 4.78 is 5.73. The molecule has 0 saturated carbocycles. The number of nitrogens with one attached hydrogen (secondary N) is 2. The molecule has 0 amide bonds. The van der Waals surface area contributed by atoms with Crippen LogP contribution in [0.4, 0.5) is 17.3 Å². The zero-order chi connectivity index (χ0) is 14.4. The second kappa shape index (κ2) is 7.01. The first-order chi connectivity index (χ1) is 9.66. The van der Waals surface area contributed by atoms with Gasteiger partial charge in [0.25, 0.3) is 0 Å². The van der Waals surface area contributed by atoms with Crippen molar-refractivity contribution in [1.29, 1.82) is 0 Å². The van der Waals surface area contributed by atoms with Crippen molar-refractivity contribution in [3.05, 3.63) is 22.2 Å². The van der Waals surface area contributed by atoms with Crippen molar-refractivity contribution in [1.82, 2.24) is 10.3 Å². The first-order valence-electron chi connectivity index (χ1n) is 6.64. The third kappa shape index (κ3) is 4.04. The fraction of sp³-hybridized carbons (Fsp3) is 0.583. The third-order valence-electron chi connectivity index (χ3n) is 3.15. The third-order valence-corrected chi connectivity index (χ3v) is 3.15. The molecule has 0 unspecified atom stereocenters. The van der Waals surface area contributed by atoms with Crippen molar-refractivity contribution in [3.63, 3.8) is 0 Å². The zero-order valence-corrected chi connectivity index (χ0v) is 11.2. The van der Waals surface area contributed by atoms with E-state index in [4.69, 9.17) is 10.5 Å². The Morgan fingerprint density at radius 3 is 2.90 bits per heavy atom. The summed E-state index contributed by atoms with van der Waals surface area (Å²) in [6.45, 7) is 3.16. The van der Waals surface area contributed by atoms with Crippen LogP contribution in [0.3, 0.4) is 0 Å². The lowest BCUT2D eigenvalue weighted by molar-refractivity contribution is -0.384. The predicted molar refractivity (Wildman–Crippen MR) is 75.6 cm³/mol. The highest BCUT2D eigenvalue weighted by Crippen LogP contribution is 2.20. The molecular weight excluding hydrogens is 262 g/mol. The lowest BCUT2D eigenvalue weighted by atomic mass is 10.1. The molecule has 1 aliphatic heterocycles. The number of piperidine rings is 1. The van der Waals surface area contributed by atoms with Gasteiger partial charge in [0.1, 0.15) is 5.82 Å². The van der Waals surface area contributed by atoms with Gasteiger partial charge in [-0.05, 0) is 32.0 Å². The Balaban J connectivity index is 1.73. The van der Waals surface area contributed by atoms with Crippen LogP contribution in [0.1, 0.15) is 12.8 Å². The van der Waals surface area contributed by atoms with Crippen LogP contribution in [-0.2, 0) is 4.74 Å². The smallest absolute Gasteiger partial charge is 0.311 e. The molecule has 8 nitrogen and oxygen atoms in total. The minimum Gasteiger partial charge on any atom is -0.378 e. The second-order valence-corrected chi connectivity index (χ2v) is 4.60. The van der Waals surface area contributed by atoms with Gasteiger partial charge in [-0.3, -0.25) is 10.1 Å². The molecule has 0 aliphatic carbocycles. The van der Waals surface area contributed by atoms with Gasteiger partial charge in [-0.15, -0.1) is 0 Å². The number of nitrogens with zero attached hydrogens (tertiary/aromatic N) is 2. The molecule has 20 heavy (non-hydrogen) atoms. The Bertz CT molecular complexity index is 462. The molecule has 1 fully saturated rings. The van der Waals surface area contributed by atoms with Crippen LogP contribution < -0.4 is 16.4 Å². The summed E-state index contributed by atoms with van der Waals surface area (Å²) in [6.07, 6.45) is 2.37. The van der Waals surface area contributed by atoms with Crippen LogP contribution in [0.25, 0.3) is 0 Å². The SMILES string of the molecule is Nc1nc(NCCOC2CCNCC2)ccc1[N+](=O)[O-]. The van der Waals surface area contributed by atoms with Gasteiger partial charge in [-0.25, -0.2) is 4.98 Å². The Hall–Kier alpha value is -1.93. The molecule has 2 heterocycles. The monoisotopic (exact) mass is 281 g/mol. The molecule has 1 saturated heterocycles. The number of hydrogen-bond donors (Lipinski definition) is 3. The van der Waals surface area contributed by atoms with E-state index in [0.717, 1.165) is 25.9 Å². The Labute approximate surface area is 116 Å². The Kier molecular flexibility index (Phi) is 5.08. The summed E-state index contributed by atoms with van der Waals surface area (Å²) in [5.41, 5.74) is 5.33. The number of anilines is 2. The fourth-order valence-electron chi connectivity index (χ4n) is 2.09. The maximum Gasteiger partial charge on any atom is 0.311 e. The van der Waals surface area contributed by atoms with Gasteiger partial charge in [-0.2, -0.15) is 0 Å². The van der Waals surface area contributed by atoms with Gasteiger partial charge in [0, 0.05) is 12.6 Å². The van der Waals surface area contributed by atoms with Crippen LogP contribution >= 0.6 is 0 Å². The normalized spacial score (nSPS) is 16.0. The number of nitrogen functional groups attached to an aromatic ring is 1. The lowest BCUT2D eigenvalue weighted by Crippen LogP contribution is -2.33. The fourth-order valence-corrected chi connectivity index (χ4v) is 2.09.